The van der Waals surface area contributed by atoms with Gasteiger partial charge >= 0.3 is 0 Å². The smallest absolute Gasteiger partial charge is 0.0613 e. The third kappa shape index (κ3) is 10.8. The Morgan fingerprint density at radius 2 is 2.00 bits per heavy atom. The van der Waals surface area contributed by atoms with Gasteiger partial charge in [0.2, 0.25) is 0 Å². The number of rotatable bonds is 12. The fraction of sp³-hybridized carbons (Fsp3) is 0.650. The van der Waals surface area contributed by atoms with E-state index in [0.29, 0.717) is 11.8 Å². The van der Waals surface area contributed by atoms with E-state index in [9.17, 15) is 8.76 Å². The molecule has 0 aliphatic heterocycles. The first-order valence-electron chi connectivity index (χ1n) is 8.85. The van der Waals surface area contributed by atoms with Crippen LogP contribution in [0.1, 0.15) is 53.9 Å². The van der Waals surface area contributed by atoms with Gasteiger partial charge in [-0.05, 0) is 74.7 Å². The van der Waals surface area contributed by atoms with Crippen LogP contribution in [0.4, 0.5) is 0 Å². The maximum atomic E-state index is 10.9. The minimum absolute atomic E-state index is 0.136. The molecule has 0 aromatic heterocycles. The molecule has 3 nitrogen and oxygen atoms in total. The lowest BCUT2D eigenvalue weighted by Gasteiger charge is -2.25. The molecule has 138 valence electrons. The molecule has 0 saturated carbocycles. The molecule has 0 aliphatic carbocycles. The summed E-state index contributed by atoms with van der Waals surface area (Å²) < 4.78 is 21.9. The van der Waals surface area contributed by atoms with Gasteiger partial charge in [-0.25, -0.2) is 0 Å². The average Bonchev–Trinajstić information content (AvgIpc) is 2.55. The van der Waals surface area contributed by atoms with Gasteiger partial charge in [-0.3, -0.25) is 9.11 Å². The third-order valence-corrected chi connectivity index (χ3v) is 4.88. The molecular formula is C20H34NO2S-. The van der Waals surface area contributed by atoms with Gasteiger partial charge in [0.25, 0.3) is 0 Å². The molecule has 0 aromatic carbocycles. The van der Waals surface area contributed by atoms with Crippen molar-refractivity contribution in [1.82, 2.24) is 4.90 Å². The quantitative estimate of drug-likeness (QED) is 0.219. The van der Waals surface area contributed by atoms with Gasteiger partial charge < -0.3 is 4.55 Å². The number of allylic oxidation sites excluding steroid dienone is 5. The molecule has 0 fully saturated rings. The van der Waals surface area contributed by atoms with Crippen molar-refractivity contribution in [2.24, 2.45) is 11.8 Å². The van der Waals surface area contributed by atoms with Gasteiger partial charge in [0.15, 0.2) is 0 Å². The van der Waals surface area contributed by atoms with E-state index in [4.69, 9.17) is 0 Å². The lowest BCUT2D eigenvalue weighted by atomic mass is 9.93. The van der Waals surface area contributed by atoms with Crippen LogP contribution in [0.5, 0.6) is 0 Å². The molecule has 0 aliphatic rings. The van der Waals surface area contributed by atoms with Crippen LogP contribution in [0.3, 0.4) is 0 Å². The van der Waals surface area contributed by atoms with Crippen molar-refractivity contribution in [2.45, 2.75) is 53.9 Å². The van der Waals surface area contributed by atoms with E-state index < -0.39 is 11.1 Å². The Hall–Kier alpha value is -0.930. The monoisotopic (exact) mass is 352 g/mol. The van der Waals surface area contributed by atoms with Crippen LogP contribution in [0.2, 0.25) is 0 Å². The van der Waals surface area contributed by atoms with Crippen molar-refractivity contribution in [2.75, 3.05) is 19.0 Å². The van der Waals surface area contributed by atoms with E-state index >= 15 is 0 Å². The SMILES string of the molecule is C=C=C(C)/C=C\C(/C=C(\C)C(C)CCN(CCC)CS(=O)[O-])CC. The predicted molar refractivity (Wildman–Crippen MR) is 104 cm³/mol. The molecule has 0 rings (SSSR count). The zero-order chi connectivity index (χ0) is 18.5. The molecule has 3 unspecified atom stereocenters. The Bertz CT molecular complexity index is 490. The topological polar surface area (TPSA) is 43.4 Å². The summed E-state index contributed by atoms with van der Waals surface area (Å²) in [5.41, 5.74) is 5.30. The molecule has 0 amide bonds. The number of hydrogen-bond acceptors (Lipinski definition) is 3. The van der Waals surface area contributed by atoms with Gasteiger partial charge in [-0.15, -0.1) is 5.73 Å². The van der Waals surface area contributed by atoms with Crippen LogP contribution in [0.15, 0.2) is 41.7 Å². The van der Waals surface area contributed by atoms with Crippen LogP contribution >= 0.6 is 0 Å². The molecule has 4 heteroatoms. The molecule has 0 heterocycles. The molecule has 24 heavy (non-hydrogen) atoms. The van der Waals surface area contributed by atoms with Crippen LogP contribution in [0, 0.1) is 11.8 Å². The lowest BCUT2D eigenvalue weighted by molar-refractivity contribution is 0.293. The molecule has 3 atom stereocenters. The fourth-order valence-electron chi connectivity index (χ4n) is 2.45. The van der Waals surface area contributed by atoms with Crippen molar-refractivity contribution in [1.29, 1.82) is 0 Å². The Morgan fingerprint density at radius 3 is 2.50 bits per heavy atom. The van der Waals surface area contributed by atoms with E-state index in [1.807, 2.05) is 11.8 Å². The molecule has 0 bridgehead atoms. The number of hydrogen-bond donors (Lipinski definition) is 0. The van der Waals surface area contributed by atoms with Crippen molar-refractivity contribution in [3.05, 3.63) is 41.7 Å². The predicted octanol–water partition coefficient (Wildman–Crippen LogP) is 4.82. The highest BCUT2D eigenvalue weighted by Gasteiger charge is 2.10. The summed E-state index contributed by atoms with van der Waals surface area (Å²) in [6.07, 6.45) is 9.61. The van der Waals surface area contributed by atoms with Crippen LogP contribution in [-0.4, -0.2) is 32.6 Å². The minimum atomic E-state index is -2.00. The summed E-state index contributed by atoms with van der Waals surface area (Å²) in [7, 11) is 0. The van der Waals surface area contributed by atoms with Crippen LogP contribution < -0.4 is 0 Å². The summed E-state index contributed by atoms with van der Waals surface area (Å²) >= 11 is -2.00. The highest BCUT2D eigenvalue weighted by Crippen LogP contribution is 2.19. The van der Waals surface area contributed by atoms with Crippen molar-refractivity contribution in [3.63, 3.8) is 0 Å². The second-order valence-electron chi connectivity index (χ2n) is 6.44. The van der Waals surface area contributed by atoms with Gasteiger partial charge in [-0.2, -0.15) is 0 Å². The zero-order valence-electron chi connectivity index (χ0n) is 16.0. The van der Waals surface area contributed by atoms with Crippen molar-refractivity contribution in [3.8, 4) is 0 Å². The van der Waals surface area contributed by atoms with E-state index in [2.05, 4.69) is 58.2 Å². The fourth-order valence-corrected chi connectivity index (χ4v) is 3.00. The van der Waals surface area contributed by atoms with Gasteiger partial charge in [0.05, 0.1) is 5.88 Å². The van der Waals surface area contributed by atoms with Crippen LogP contribution in [-0.2, 0) is 11.1 Å². The van der Waals surface area contributed by atoms with Crippen LogP contribution in [0.25, 0.3) is 0 Å². The van der Waals surface area contributed by atoms with Crippen molar-refractivity contribution >= 4 is 11.1 Å². The summed E-state index contributed by atoms with van der Waals surface area (Å²) in [5.74, 6) is 0.996. The first-order valence-corrected chi connectivity index (χ1v) is 10.1. The number of nitrogens with zero attached hydrogens (tertiary/aromatic N) is 1. The maximum Gasteiger partial charge on any atom is 0.0613 e. The van der Waals surface area contributed by atoms with E-state index in [0.717, 1.165) is 37.9 Å². The highest BCUT2D eigenvalue weighted by atomic mass is 32.2. The minimum Gasteiger partial charge on any atom is -0.771 e. The Labute approximate surface area is 151 Å². The van der Waals surface area contributed by atoms with Gasteiger partial charge in [0, 0.05) is 0 Å². The van der Waals surface area contributed by atoms with Gasteiger partial charge in [-0.1, -0.05) is 51.2 Å². The van der Waals surface area contributed by atoms with E-state index in [-0.39, 0.29) is 5.88 Å². The zero-order valence-corrected chi connectivity index (χ0v) is 16.8. The average molecular weight is 353 g/mol. The molecule has 0 spiro atoms. The first-order chi connectivity index (χ1) is 11.3. The molecule has 0 aromatic rings. The maximum absolute atomic E-state index is 10.9. The van der Waals surface area contributed by atoms with E-state index in [1.54, 1.807) is 0 Å². The molecule has 0 N–H and O–H groups in total. The van der Waals surface area contributed by atoms with Crippen molar-refractivity contribution < 1.29 is 8.76 Å². The highest BCUT2D eigenvalue weighted by molar-refractivity contribution is 7.79. The molecular weight excluding hydrogens is 318 g/mol. The summed E-state index contributed by atoms with van der Waals surface area (Å²) in [5, 5.41) is 0. The normalized spacial score (nSPS) is 16.2. The Morgan fingerprint density at radius 1 is 1.33 bits per heavy atom. The summed E-state index contributed by atoms with van der Waals surface area (Å²) in [6.45, 7) is 16.0. The van der Waals surface area contributed by atoms with E-state index in [1.165, 1.54) is 5.57 Å². The standard InChI is InChI=1S/C20H35NO2S/c1-7-13-21(16-24(22)23)14-12-18(5)19(6)15-20(9-3)11-10-17(4)8-2/h10-11,15,18,20H,2,7,9,12-14,16H2,1,3-6H3,(H,22,23)/p-1/b11-10-,19-15+. The lowest BCUT2D eigenvalue weighted by Crippen LogP contribution is -2.30. The third-order valence-electron chi connectivity index (χ3n) is 4.30. The molecule has 0 saturated heterocycles. The molecule has 0 radical (unpaired) electrons. The second kappa shape index (κ2) is 13.4. The first kappa shape index (κ1) is 23.1. The second-order valence-corrected chi connectivity index (χ2v) is 7.31. The summed E-state index contributed by atoms with van der Waals surface area (Å²) in [4.78, 5) is 2.02. The largest absolute Gasteiger partial charge is 0.771 e. The van der Waals surface area contributed by atoms with Gasteiger partial charge in [0.1, 0.15) is 0 Å². The Kier molecular flexibility index (Phi) is 12.9. The Balaban J connectivity index is 4.70. The summed E-state index contributed by atoms with van der Waals surface area (Å²) in [6, 6.07) is 0.